The number of amides is 1. The molecular formula is C12H7BrCl2N2O. The molecule has 0 saturated heterocycles. The van der Waals surface area contributed by atoms with Gasteiger partial charge < -0.3 is 5.32 Å². The minimum Gasteiger partial charge on any atom is -0.306 e. The quantitative estimate of drug-likeness (QED) is 0.819. The highest BCUT2D eigenvalue weighted by Crippen LogP contribution is 2.22. The van der Waals surface area contributed by atoms with E-state index in [0.29, 0.717) is 21.6 Å². The Labute approximate surface area is 122 Å². The number of hydrogen-bond acceptors (Lipinski definition) is 2. The number of rotatable bonds is 2. The molecule has 1 aromatic heterocycles. The number of nitrogens with one attached hydrogen (secondary N) is 1. The lowest BCUT2D eigenvalue weighted by atomic mass is 10.2. The molecule has 0 bridgehead atoms. The predicted molar refractivity (Wildman–Crippen MR) is 76.4 cm³/mol. The second kappa shape index (κ2) is 5.69. The Morgan fingerprint density at radius 1 is 1.22 bits per heavy atom. The molecule has 2 aromatic rings. The highest BCUT2D eigenvalue weighted by molar-refractivity contribution is 9.10. The largest absolute Gasteiger partial charge is 0.306 e. The monoisotopic (exact) mass is 344 g/mol. The summed E-state index contributed by atoms with van der Waals surface area (Å²) in [6.45, 7) is 0. The third-order valence-electron chi connectivity index (χ3n) is 2.13. The van der Waals surface area contributed by atoms with Gasteiger partial charge in [0.05, 0.1) is 10.6 Å². The predicted octanol–water partition coefficient (Wildman–Crippen LogP) is 4.40. The van der Waals surface area contributed by atoms with Crippen LogP contribution in [0.3, 0.4) is 0 Å². The Hall–Kier alpha value is -1.10. The topological polar surface area (TPSA) is 42.0 Å². The molecule has 92 valence electrons. The number of nitrogens with zero attached hydrogens (tertiary/aromatic N) is 1. The lowest BCUT2D eigenvalue weighted by molar-refractivity contribution is 0.102. The first-order chi connectivity index (χ1) is 8.56. The Balaban J connectivity index is 2.22. The number of carbonyl (C=O) groups excluding carboxylic acids is 1. The first kappa shape index (κ1) is 13.3. The van der Waals surface area contributed by atoms with E-state index in [4.69, 9.17) is 23.2 Å². The molecule has 3 nitrogen and oxygen atoms in total. The summed E-state index contributed by atoms with van der Waals surface area (Å²) in [7, 11) is 0. The SMILES string of the molecule is O=C(Nc1cccc(Cl)n1)c1ccc(Br)cc1Cl. The van der Waals surface area contributed by atoms with Crippen molar-refractivity contribution in [3.8, 4) is 0 Å². The number of benzene rings is 1. The van der Waals surface area contributed by atoms with Crippen LogP contribution in [0.15, 0.2) is 40.9 Å². The molecule has 1 heterocycles. The number of pyridine rings is 1. The lowest BCUT2D eigenvalue weighted by Gasteiger charge is -2.06. The summed E-state index contributed by atoms with van der Waals surface area (Å²) < 4.78 is 0.810. The van der Waals surface area contributed by atoms with Crippen LogP contribution in [-0.2, 0) is 0 Å². The molecule has 0 spiro atoms. The Morgan fingerprint density at radius 3 is 2.67 bits per heavy atom. The van der Waals surface area contributed by atoms with E-state index in [1.165, 1.54) is 0 Å². The van der Waals surface area contributed by atoms with Gasteiger partial charge in [0.1, 0.15) is 11.0 Å². The van der Waals surface area contributed by atoms with Crippen LogP contribution in [0.2, 0.25) is 10.2 Å². The van der Waals surface area contributed by atoms with Crippen molar-refractivity contribution in [1.29, 1.82) is 0 Å². The van der Waals surface area contributed by atoms with Crippen LogP contribution in [0.4, 0.5) is 5.82 Å². The van der Waals surface area contributed by atoms with Crippen LogP contribution < -0.4 is 5.32 Å². The van der Waals surface area contributed by atoms with Crippen molar-refractivity contribution in [3.05, 3.63) is 56.6 Å². The number of carbonyl (C=O) groups is 1. The molecule has 0 aliphatic heterocycles. The summed E-state index contributed by atoms with van der Waals surface area (Å²) in [5.41, 5.74) is 0.377. The molecule has 6 heteroatoms. The third-order valence-corrected chi connectivity index (χ3v) is 3.15. The highest BCUT2D eigenvalue weighted by atomic mass is 79.9. The van der Waals surface area contributed by atoms with E-state index in [1.807, 2.05) is 0 Å². The maximum Gasteiger partial charge on any atom is 0.258 e. The summed E-state index contributed by atoms with van der Waals surface area (Å²) in [6.07, 6.45) is 0. The minimum atomic E-state index is -0.331. The Kier molecular flexibility index (Phi) is 4.22. The maximum atomic E-state index is 12.0. The van der Waals surface area contributed by atoms with Gasteiger partial charge in [-0.2, -0.15) is 0 Å². The van der Waals surface area contributed by atoms with Gasteiger partial charge in [0.15, 0.2) is 0 Å². The fourth-order valence-corrected chi connectivity index (χ4v) is 2.26. The molecule has 1 amide bonds. The zero-order valence-electron chi connectivity index (χ0n) is 8.95. The molecule has 0 radical (unpaired) electrons. The first-order valence-corrected chi connectivity index (χ1v) is 6.50. The summed E-state index contributed by atoms with van der Waals surface area (Å²) in [5, 5.41) is 3.30. The van der Waals surface area contributed by atoms with E-state index in [9.17, 15) is 4.79 Å². The van der Waals surface area contributed by atoms with Crippen molar-refractivity contribution in [2.24, 2.45) is 0 Å². The van der Waals surface area contributed by atoms with E-state index < -0.39 is 0 Å². The molecule has 1 N–H and O–H groups in total. The summed E-state index contributed by atoms with van der Waals surface area (Å²) in [5.74, 6) is 0.0498. The van der Waals surface area contributed by atoms with Gasteiger partial charge in [-0.1, -0.05) is 45.2 Å². The van der Waals surface area contributed by atoms with Gasteiger partial charge in [-0.15, -0.1) is 0 Å². The van der Waals surface area contributed by atoms with E-state index >= 15 is 0 Å². The van der Waals surface area contributed by atoms with Gasteiger partial charge in [0.2, 0.25) is 0 Å². The van der Waals surface area contributed by atoms with Gasteiger partial charge >= 0.3 is 0 Å². The second-order valence-corrected chi connectivity index (χ2v) is 5.13. The molecule has 0 aliphatic rings. The van der Waals surface area contributed by atoms with Crippen molar-refractivity contribution in [2.45, 2.75) is 0 Å². The lowest BCUT2D eigenvalue weighted by Crippen LogP contribution is -2.13. The van der Waals surface area contributed by atoms with E-state index in [2.05, 4.69) is 26.2 Å². The van der Waals surface area contributed by atoms with Crippen molar-refractivity contribution < 1.29 is 4.79 Å². The molecule has 0 atom stereocenters. The summed E-state index contributed by atoms with van der Waals surface area (Å²) in [6, 6.07) is 10.0. The second-order valence-electron chi connectivity index (χ2n) is 3.42. The van der Waals surface area contributed by atoms with Crippen LogP contribution in [0.5, 0.6) is 0 Å². The van der Waals surface area contributed by atoms with Gasteiger partial charge in [-0.05, 0) is 30.3 Å². The average molecular weight is 346 g/mol. The minimum absolute atomic E-state index is 0.315. The van der Waals surface area contributed by atoms with Crippen molar-refractivity contribution in [3.63, 3.8) is 0 Å². The van der Waals surface area contributed by atoms with Crippen molar-refractivity contribution >= 4 is 50.9 Å². The Bertz CT molecular complexity index is 604. The zero-order valence-corrected chi connectivity index (χ0v) is 12.1. The van der Waals surface area contributed by atoms with Crippen LogP contribution in [-0.4, -0.2) is 10.9 Å². The van der Waals surface area contributed by atoms with E-state index in [1.54, 1.807) is 36.4 Å². The van der Waals surface area contributed by atoms with E-state index in [-0.39, 0.29) is 5.91 Å². The third kappa shape index (κ3) is 3.22. The molecule has 0 aliphatic carbocycles. The Morgan fingerprint density at radius 2 is 2.00 bits per heavy atom. The molecule has 0 fully saturated rings. The van der Waals surface area contributed by atoms with Crippen molar-refractivity contribution in [2.75, 3.05) is 5.32 Å². The number of hydrogen-bond donors (Lipinski definition) is 1. The number of aromatic nitrogens is 1. The fraction of sp³-hybridized carbons (Fsp3) is 0. The molecule has 1 aromatic carbocycles. The standard InChI is InChI=1S/C12H7BrCl2N2O/c13-7-4-5-8(9(14)6-7)12(18)17-11-3-1-2-10(15)16-11/h1-6H,(H,16,17,18). The van der Waals surface area contributed by atoms with Gasteiger partial charge in [0.25, 0.3) is 5.91 Å². The van der Waals surface area contributed by atoms with Crippen LogP contribution in [0.1, 0.15) is 10.4 Å². The fourth-order valence-electron chi connectivity index (χ4n) is 1.34. The number of halogens is 3. The zero-order chi connectivity index (χ0) is 13.1. The molecule has 0 saturated carbocycles. The van der Waals surface area contributed by atoms with E-state index in [0.717, 1.165) is 4.47 Å². The average Bonchev–Trinajstić information content (AvgIpc) is 2.28. The molecule has 2 rings (SSSR count). The summed E-state index contributed by atoms with van der Waals surface area (Å²) in [4.78, 5) is 15.9. The van der Waals surface area contributed by atoms with Gasteiger partial charge in [-0.3, -0.25) is 4.79 Å². The summed E-state index contributed by atoms with van der Waals surface area (Å²) >= 11 is 15.0. The van der Waals surface area contributed by atoms with Crippen molar-refractivity contribution in [1.82, 2.24) is 4.98 Å². The molecule has 0 unspecified atom stereocenters. The highest BCUT2D eigenvalue weighted by Gasteiger charge is 2.11. The maximum absolute atomic E-state index is 12.0. The normalized spacial score (nSPS) is 10.2. The van der Waals surface area contributed by atoms with Crippen LogP contribution >= 0.6 is 39.1 Å². The molecule has 18 heavy (non-hydrogen) atoms. The van der Waals surface area contributed by atoms with Crippen LogP contribution in [0, 0.1) is 0 Å². The van der Waals surface area contributed by atoms with Crippen LogP contribution in [0.25, 0.3) is 0 Å². The first-order valence-electron chi connectivity index (χ1n) is 4.95. The number of anilines is 1. The smallest absolute Gasteiger partial charge is 0.258 e. The van der Waals surface area contributed by atoms with Gasteiger partial charge in [0, 0.05) is 4.47 Å². The molecular weight excluding hydrogens is 339 g/mol. The van der Waals surface area contributed by atoms with Gasteiger partial charge in [-0.25, -0.2) is 4.98 Å².